The van der Waals surface area contributed by atoms with E-state index in [1.54, 1.807) is 23.6 Å². The second-order valence-electron chi connectivity index (χ2n) is 8.90. The molecule has 7 nitrogen and oxygen atoms in total. The van der Waals surface area contributed by atoms with Crippen molar-refractivity contribution in [1.29, 1.82) is 5.26 Å². The Morgan fingerprint density at radius 3 is 2.13 bits per heavy atom. The van der Waals surface area contributed by atoms with Gasteiger partial charge in [-0.05, 0) is 38.1 Å². The fourth-order valence-electron chi connectivity index (χ4n) is 4.38. The predicted molar refractivity (Wildman–Crippen MR) is 159 cm³/mol. The Balaban J connectivity index is 1.60. The molecule has 39 heavy (non-hydrogen) atoms. The summed E-state index contributed by atoms with van der Waals surface area (Å²) in [7, 11) is 0. The van der Waals surface area contributed by atoms with Gasteiger partial charge in [-0.25, -0.2) is 10.2 Å². The number of thiophene rings is 1. The number of nitrogens with zero attached hydrogens (tertiary/aromatic N) is 7. The molecule has 0 aliphatic rings. The summed E-state index contributed by atoms with van der Waals surface area (Å²) in [5.41, 5.74) is 6.68. The predicted octanol–water partition coefficient (Wildman–Crippen LogP) is 8.53. The molecule has 0 atom stereocenters. The van der Waals surface area contributed by atoms with Gasteiger partial charge in [-0.1, -0.05) is 66.2 Å². The average Bonchev–Trinajstić information content (AvgIpc) is 3.60. The zero-order valence-corrected chi connectivity index (χ0v) is 22.6. The first-order valence-electron chi connectivity index (χ1n) is 12.0. The second-order valence-corrected chi connectivity index (χ2v) is 10.4. The number of fused-ring (bicyclic) bond motifs is 2. The van der Waals surface area contributed by atoms with Crippen LogP contribution in [0.25, 0.3) is 37.2 Å². The number of aromatic nitrogens is 3. The van der Waals surface area contributed by atoms with Crippen LogP contribution < -0.4 is 4.90 Å². The Hall–Kier alpha value is -4.96. The molecule has 3 aromatic carbocycles. The number of rotatable bonds is 5. The summed E-state index contributed by atoms with van der Waals surface area (Å²) in [4.78, 5) is 15.3. The topological polar surface area (TPSA) is 82.4 Å². The van der Waals surface area contributed by atoms with Crippen LogP contribution in [0, 0.1) is 31.8 Å². The highest BCUT2D eigenvalue weighted by Gasteiger charge is 2.24. The first kappa shape index (κ1) is 24.4. The quantitative estimate of drug-likeness (QED) is 0.124. The van der Waals surface area contributed by atoms with Gasteiger partial charge in [-0.15, -0.1) is 16.3 Å². The lowest BCUT2D eigenvalue weighted by atomic mass is 10.1. The summed E-state index contributed by atoms with van der Waals surface area (Å²) in [6.07, 6.45) is 1.56. The molecule has 0 radical (unpaired) electrons. The molecular formula is C30H19N7S2. The van der Waals surface area contributed by atoms with E-state index in [4.69, 9.17) is 11.6 Å². The highest BCUT2D eigenvalue weighted by molar-refractivity contribution is 7.21. The Kier molecular flexibility index (Phi) is 6.29. The van der Waals surface area contributed by atoms with E-state index in [9.17, 15) is 5.26 Å². The zero-order chi connectivity index (χ0) is 26.9. The van der Waals surface area contributed by atoms with Gasteiger partial charge in [-0.2, -0.15) is 8.75 Å². The SMILES string of the molecule is [C-]#[N+]C(C#N)=Nc1cnc(-c2sc(N(c3ccc(C)cc3)c3ccc(C)cc3)c3ccccc23)c2nsnc12. The summed E-state index contributed by atoms with van der Waals surface area (Å²) >= 11 is 2.70. The lowest BCUT2D eigenvalue weighted by Crippen LogP contribution is -2.08. The maximum Gasteiger partial charge on any atom is 0.349 e. The van der Waals surface area contributed by atoms with Crippen molar-refractivity contribution >= 4 is 72.8 Å². The van der Waals surface area contributed by atoms with Crippen LogP contribution in [0.2, 0.25) is 0 Å². The van der Waals surface area contributed by atoms with Gasteiger partial charge in [0.2, 0.25) is 5.69 Å². The number of amidine groups is 1. The maximum absolute atomic E-state index is 9.18. The molecule has 0 spiro atoms. The van der Waals surface area contributed by atoms with Gasteiger partial charge in [0.1, 0.15) is 22.3 Å². The molecule has 0 unspecified atom stereocenters. The van der Waals surface area contributed by atoms with Crippen LogP contribution in [0.3, 0.4) is 0 Å². The van der Waals surface area contributed by atoms with Crippen molar-refractivity contribution in [2.75, 3.05) is 4.90 Å². The highest BCUT2D eigenvalue weighted by Crippen LogP contribution is 2.49. The average molecular weight is 542 g/mol. The molecule has 3 heterocycles. The first-order valence-corrected chi connectivity index (χ1v) is 13.5. The minimum Gasteiger partial charge on any atom is -0.351 e. The second kappa shape index (κ2) is 10.1. The van der Waals surface area contributed by atoms with E-state index >= 15 is 0 Å². The van der Waals surface area contributed by atoms with Gasteiger partial charge in [0.25, 0.3) is 0 Å². The Morgan fingerprint density at radius 1 is 0.897 bits per heavy atom. The van der Waals surface area contributed by atoms with Crippen LogP contribution in [0.15, 0.2) is 84.0 Å². The van der Waals surface area contributed by atoms with Gasteiger partial charge in [0.05, 0.1) is 22.8 Å². The Labute approximate surface area is 233 Å². The molecule has 0 aliphatic carbocycles. The number of anilines is 3. The lowest BCUT2D eigenvalue weighted by Gasteiger charge is -2.24. The van der Waals surface area contributed by atoms with Gasteiger partial charge in [0.15, 0.2) is 5.52 Å². The number of aryl methyl sites for hydroxylation is 2. The summed E-state index contributed by atoms with van der Waals surface area (Å²) in [6.45, 7) is 11.3. The molecule has 0 saturated carbocycles. The van der Waals surface area contributed by atoms with Gasteiger partial charge >= 0.3 is 5.84 Å². The number of benzene rings is 3. The molecule has 9 heteroatoms. The standard InChI is InChI=1S/C30H19N7S2/c1-18-8-12-20(13-9-18)37(21-14-10-19(2)11-15-21)30-23-7-5-4-6-22(23)29(38-30)28-27-26(35-39-36-27)24(17-33-28)34-25(16-31)32-3/h4-15,17H,1-2H3. The van der Waals surface area contributed by atoms with Gasteiger partial charge in [-0.3, -0.25) is 0 Å². The molecule has 0 saturated heterocycles. The molecule has 0 N–H and O–H groups in total. The molecular weight excluding hydrogens is 523 g/mol. The summed E-state index contributed by atoms with van der Waals surface area (Å²) in [5.74, 6) is -0.269. The number of hydrogen-bond donors (Lipinski definition) is 0. The van der Waals surface area contributed by atoms with E-state index in [2.05, 4.69) is 98.0 Å². The summed E-state index contributed by atoms with van der Waals surface area (Å²) in [5, 5.41) is 12.4. The summed E-state index contributed by atoms with van der Waals surface area (Å²) < 4.78 is 8.97. The van der Waals surface area contributed by atoms with Crippen molar-refractivity contribution in [3.63, 3.8) is 0 Å². The van der Waals surface area contributed by atoms with Crippen molar-refractivity contribution in [2.24, 2.45) is 4.99 Å². The van der Waals surface area contributed by atoms with E-state index in [1.165, 1.54) is 11.1 Å². The molecule has 0 fully saturated rings. The van der Waals surface area contributed by atoms with Crippen molar-refractivity contribution in [2.45, 2.75) is 13.8 Å². The normalized spacial score (nSPS) is 11.4. The first-order chi connectivity index (χ1) is 19.1. The van der Waals surface area contributed by atoms with Crippen LogP contribution in [-0.4, -0.2) is 19.6 Å². The van der Waals surface area contributed by atoms with Crippen molar-refractivity contribution in [1.82, 2.24) is 13.7 Å². The fourth-order valence-corrected chi connectivity index (χ4v) is 6.26. The number of pyridine rings is 1. The van der Waals surface area contributed by atoms with E-state index < -0.39 is 0 Å². The third-order valence-corrected chi connectivity index (χ3v) is 8.05. The van der Waals surface area contributed by atoms with E-state index in [0.29, 0.717) is 22.4 Å². The monoisotopic (exact) mass is 541 g/mol. The molecule has 3 aromatic heterocycles. The van der Waals surface area contributed by atoms with Gasteiger partial charge < -0.3 is 9.74 Å². The lowest BCUT2D eigenvalue weighted by molar-refractivity contribution is 1.30. The largest absolute Gasteiger partial charge is 0.351 e. The molecule has 6 rings (SSSR count). The molecule has 0 amide bonds. The van der Waals surface area contributed by atoms with Crippen LogP contribution in [0.5, 0.6) is 0 Å². The molecule has 0 bridgehead atoms. The minimum absolute atomic E-state index is 0.269. The van der Waals surface area contributed by atoms with Crippen molar-refractivity contribution in [3.8, 4) is 16.6 Å². The van der Waals surface area contributed by atoms with E-state index in [1.807, 2.05) is 12.1 Å². The number of hydrogen-bond acceptors (Lipinski definition) is 8. The number of nitriles is 1. The number of aliphatic imine (C=N–C) groups is 1. The van der Waals surface area contributed by atoms with Crippen LogP contribution in [0.1, 0.15) is 11.1 Å². The van der Waals surface area contributed by atoms with Crippen LogP contribution in [-0.2, 0) is 0 Å². The van der Waals surface area contributed by atoms with Crippen LogP contribution >= 0.6 is 23.1 Å². The molecule has 0 aliphatic heterocycles. The van der Waals surface area contributed by atoms with E-state index in [-0.39, 0.29) is 5.84 Å². The Bertz CT molecular complexity index is 1890. The van der Waals surface area contributed by atoms with E-state index in [0.717, 1.165) is 43.8 Å². The highest BCUT2D eigenvalue weighted by atomic mass is 32.1. The van der Waals surface area contributed by atoms with Crippen LogP contribution in [0.4, 0.5) is 22.1 Å². The smallest absolute Gasteiger partial charge is 0.349 e. The maximum atomic E-state index is 9.18. The zero-order valence-electron chi connectivity index (χ0n) is 21.0. The minimum atomic E-state index is -0.269. The van der Waals surface area contributed by atoms with Crippen molar-refractivity contribution < 1.29 is 0 Å². The molecule has 186 valence electrons. The third kappa shape index (κ3) is 4.40. The Morgan fingerprint density at radius 2 is 1.51 bits per heavy atom. The van der Waals surface area contributed by atoms with Gasteiger partial charge in [0, 0.05) is 22.1 Å². The third-order valence-electron chi connectivity index (χ3n) is 6.31. The summed E-state index contributed by atoms with van der Waals surface area (Å²) in [6, 6.07) is 27.1. The fraction of sp³-hybridized carbons (Fsp3) is 0.0667. The molecule has 6 aromatic rings. The van der Waals surface area contributed by atoms with Crippen molar-refractivity contribution in [3.05, 3.63) is 102 Å².